The van der Waals surface area contributed by atoms with E-state index in [1.165, 1.54) is 0 Å². The molecule has 0 unspecified atom stereocenters. The van der Waals surface area contributed by atoms with Crippen LogP contribution in [0.15, 0.2) is 42.5 Å². The quantitative estimate of drug-likeness (QED) is 0.718. The fraction of sp³-hybridized carbons (Fsp3) is 0.286. The lowest BCUT2D eigenvalue weighted by molar-refractivity contribution is -0.137. The second-order valence-electron chi connectivity index (χ2n) is 6.62. The number of aryl methyl sites for hydroxylation is 1. The zero-order valence-electron chi connectivity index (χ0n) is 15.6. The van der Waals surface area contributed by atoms with E-state index < -0.39 is 5.97 Å². The Morgan fingerprint density at radius 3 is 2.61 bits per heavy atom. The van der Waals surface area contributed by atoms with E-state index in [0.29, 0.717) is 42.9 Å². The van der Waals surface area contributed by atoms with Crippen LogP contribution in [-0.4, -0.2) is 36.5 Å². The van der Waals surface area contributed by atoms with Gasteiger partial charge in [-0.25, -0.2) is 0 Å². The summed E-state index contributed by atoms with van der Waals surface area (Å²) < 4.78 is 5.47. The Morgan fingerprint density at radius 2 is 1.89 bits per heavy atom. The van der Waals surface area contributed by atoms with Crippen LogP contribution in [0.1, 0.15) is 35.2 Å². The molecule has 2 N–H and O–H groups in total. The molecule has 2 aromatic rings. The highest BCUT2D eigenvalue weighted by atomic mass is 16.5. The van der Waals surface area contributed by atoms with Gasteiger partial charge in [0.15, 0.2) is 0 Å². The molecule has 0 saturated carbocycles. The van der Waals surface area contributed by atoms with Crippen molar-refractivity contribution >= 4 is 29.2 Å². The average Bonchev–Trinajstić information content (AvgIpc) is 2.69. The molecule has 0 aromatic heterocycles. The molecule has 7 heteroatoms. The molecule has 2 aromatic carbocycles. The summed E-state index contributed by atoms with van der Waals surface area (Å²) in [5, 5.41) is 11.4. The Morgan fingerprint density at radius 1 is 1.14 bits per heavy atom. The van der Waals surface area contributed by atoms with E-state index in [0.717, 1.165) is 11.3 Å². The number of hydrogen-bond donors (Lipinski definition) is 2. The van der Waals surface area contributed by atoms with Crippen LogP contribution < -0.4 is 15.0 Å². The van der Waals surface area contributed by atoms with Gasteiger partial charge in [-0.15, -0.1) is 0 Å². The SMILES string of the molecule is CN1C(=O)CCc2cc(C(=O)Nc3ccc(OCCCC(=O)O)cc3)ccc21. The molecule has 0 atom stereocenters. The summed E-state index contributed by atoms with van der Waals surface area (Å²) >= 11 is 0. The Hall–Kier alpha value is -3.35. The fourth-order valence-corrected chi connectivity index (χ4v) is 3.05. The lowest BCUT2D eigenvalue weighted by atomic mass is 9.99. The number of nitrogens with one attached hydrogen (secondary N) is 1. The number of carboxylic acid groups (broad SMARTS) is 1. The Bertz CT molecular complexity index is 892. The number of hydrogen-bond acceptors (Lipinski definition) is 4. The first-order chi connectivity index (χ1) is 13.4. The van der Waals surface area contributed by atoms with Crippen molar-refractivity contribution in [1.82, 2.24) is 0 Å². The third-order valence-corrected chi connectivity index (χ3v) is 4.60. The first kappa shape index (κ1) is 19.4. The van der Waals surface area contributed by atoms with Gasteiger partial charge in [0.2, 0.25) is 5.91 Å². The van der Waals surface area contributed by atoms with Gasteiger partial charge >= 0.3 is 5.97 Å². The molecule has 1 heterocycles. The van der Waals surface area contributed by atoms with Gasteiger partial charge in [-0.05, 0) is 60.9 Å². The highest BCUT2D eigenvalue weighted by molar-refractivity contribution is 6.05. The van der Waals surface area contributed by atoms with Gasteiger partial charge in [0.1, 0.15) is 5.75 Å². The van der Waals surface area contributed by atoms with Crippen molar-refractivity contribution in [3.05, 3.63) is 53.6 Å². The number of ether oxygens (including phenoxy) is 1. The minimum atomic E-state index is -0.845. The summed E-state index contributed by atoms with van der Waals surface area (Å²) in [5.41, 5.74) is 3.00. The van der Waals surface area contributed by atoms with Crippen LogP contribution in [0.4, 0.5) is 11.4 Å². The van der Waals surface area contributed by atoms with Crippen LogP contribution in [0.3, 0.4) is 0 Å². The molecule has 1 aliphatic heterocycles. The lowest BCUT2D eigenvalue weighted by Gasteiger charge is -2.26. The van der Waals surface area contributed by atoms with E-state index in [-0.39, 0.29) is 18.2 Å². The predicted octanol–water partition coefficient (Wildman–Crippen LogP) is 3.09. The van der Waals surface area contributed by atoms with Crippen LogP contribution in [0.5, 0.6) is 5.75 Å². The van der Waals surface area contributed by atoms with E-state index in [1.807, 2.05) is 6.07 Å². The van der Waals surface area contributed by atoms with Crippen molar-refractivity contribution in [2.45, 2.75) is 25.7 Å². The number of carboxylic acids is 1. The molecule has 146 valence electrons. The molecule has 1 aliphatic rings. The summed E-state index contributed by atoms with van der Waals surface area (Å²) in [6.45, 7) is 0.323. The molecule has 2 amide bonds. The molecular formula is C21H22N2O5. The maximum Gasteiger partial charge on any atom is 0.303 e. The van der Waals surface area contributed by atoms with Crippen molar-refractivity contribution in [2.75, 3.05) is 23.9 Å². The highest BCUT2D eigenvalue weighted by Crippen LogP contribution is 2.28. The van der Waals surface area contributed by atoms with Gasteiger partial charge < -0.3 is 20.1 Å². The van der Waals surface area contributed by atoms with Crippen molar-refractivity contribution in [1.29, 1.82) is 0 Å². The zero-order valence-corrected chi connectivity index (χ0v) is 15.6. The minimum Gasteiger partial charge on any atom is -0.494 e. The molecular weight excluding hydrogens is 360 g/mol. The summed E-state index contributed by atoms with van der Waals surface area (Å²) in [7, 11) is 1.74. The van der Waals surface area contributed by atoms with Gasteiger partial charge in [-0.2, -0.15) is 0 Å². The number of nitrogens with zero attached hydrogens (tertiary/aromatic N) is 1. The first-order valence-electron chi connectivity index (χ1n) is 9.09. The summed E-state index contributed by atoms with van der Waals surface area (Å²) in [4.78, 5) is 36.4. The summed E-state index contributed by atoms with van der Waals surface area (Å²) in [6, 6.07) is 12.3. The molecule has 0 aliphatic carbocycles. The Kier molecular flexibility index (Phi) is 5.93. The molecule has 0 saturated heterocycles. The van der Waals surface area contributed by atoms with Crippen molar-refractivity contribution in [3.63, 3.8) is 0 Å². The van der Waals surface area contributed by atoms with Crippen LogP contribution in [0.25, 0.3) is 0 Å². The zero-order chi connectivity index (χ0) is 20.1. The number of benzene rings is 2. The number of anilines is 2. The van der Waals surface area contributed by atoms with Crippen molar-refractivity contribution in [3.8, 4) is 5.75 Å². The van der Waals surface area contributed by atoms with E-state index in [4.69, 9.17) is 9.84 Å². The normalized spacial score (nSPS) is 13.0. The first-order valence-corrected chi connectivity index (χ1v) is 9.09. The van der Waals surface area contributed by atoms with Gasteiger partial charge in [-0.1, -0.05) is 0 Å². The van der Waals surface area contributed by atoms with E-state index in [2.05, 4.69) is 5.32 Å². The minimum absolute atomic E-state index is 0.0683. The monoisotopic (exact) mass is 382 g/mol. The van der Waals surface area contributed by atoms with Gasteiger partial charge in [-0.3, -0.25) is 14.4 Å². The van der Waals surface area contributed by atoms with Crippen LogP contribution in [0.2, 0.25) is 0 Å². The standard InChI is InChI=1S/C21H22N2O5/c1-23-18-10-4-15(13-14(18)5-11-19(23)24)21(27)22-16-6-8-17(9-7-16)28-12-2-3-20(25)26/h4,6-10,13H,2-3,5,11-12H2,1H3,(H,22,27)(H,25,26). The Labute approximate surface area is 162 Å². The van der Waals surface area contributed by atoms with Crippen molar-refractivity contribution < 1.29 is 24.2 Å². The maximum absolute atomic E-state index is 12.5. The Balaban J connectivity index is 1.59. The molecule has 28 heavy (non-hydrogen) atoms. The van der Waals surface area contributed by atoms with Crippen molar-refractivity contribution in [2.24, 2.45) is 0 Å². The fourth-order valence-electron chi connectivity index (χ4n) is 3.05. The second kappa shape index (κ2) is 8.56. The van der Waals surface area contributed by atoms with E-state index >= 15 is 0 Å². The summed E-state index contributed by atoms with van der Waals surface area (Å²) in [6.07, 6.45) is 1.59. The molecule has 0 spiro atoms. The topological polar surface area (TPSA) is 95.9 Å². The van der Waals surface area contributed by atoms with Crippen LogP contribution in [-0.2, 0) is 16.0 Å². The number of carbonyl (C=O) groups excluding carboxylic acids is 2. The molecule has 3 rings (SSSR count). The smallest absolute Gasteiger partial charge is 0.303 e. The number of fused-ring (bicyclic) bond motifs is 1. The maximum atomic E-state index is 12.5. The van der Waals surface area contributed by atoms with E-state index in [9.17, 15) is 14.4 Å². The number of rotatable bonds is 7. The van der Waals surface area contributed by atoms with Gasteiger partial charge in [0.25, 0.3) is 5.91 Å². The molecule has 0 radical (unpaired) electrons. The van der Waals surface area contributed by atoms with Gasteiger partial charge in [0, 0.05) is 36.8 Å². The number of carbonyl (C=O) groups is 3. The molecule has 7 nitrogen and oxygen atoms in total. The molecule has 0 bridgehead atoms. The summed E-state index contributed by atoms with van der Waals surface area (Å²) in [5.74, 6) is -0.376. The average molecular weight is 382 g/mol. The predicted molar refractivity (Wildman–Crippen MR) is 105 cm³/mol. The number of amides is 2. The number of aliphatic carboxylic acids is 1. The van der Waals surface area contributed by atoms with Crippen LogP contribution in [0, 0.1) is 0 Å². The molecule has 0 fully saturated rings. The van der Waals surface area contributed by atoms with Crippen LogP contribution >= 0.6 is 0 Å². The largest absolute Gasteiger partial charge is 0.494 e. The third kappa shape index (κ3) is 4.68. The van der Waals surface area contributed by atoms with Gasteiger partial charge in [0.05, 0.1) is 6.61 Å². The second-order valence-corrected chi connectivity index (χ2v) is 6.62. The highest BCUT2D eigenvalue weighted by Gasteiger charge is 2.21. The third-order valence-electron chi connectivity index (χ3n) is 4.60. The van der Waals surface area contributed by atoms with E-state index in [1.54, 1.807) is 48.3 Å². The lowest BCUT2D eigenvalue weighted by Crippen LogP contribution is -2.31.